The summed E-state index contributed by atoms with van der Waals surface area (Å²) in [6.07, 6.45) is 0. The summed E-state index contributed by atoms with van der Waals surface area (Å²) in [4.78, 5) is 13.2. The predicted molar refractivity (Wildman–Crippen MR) is 99.5 cm³/mol. The molecular formula is C20H15FN2OS. The Morgan fingerprint density at radius 2 is 1.76 bits per heavy atom. The number of fused-ring (bicyclic) bond motifs is 2. The molecule has 4 rings (SSSR count). The maximum Gasteiger partial charge on any atom is 0.192 e. The highest BCUT2D eigenvalue weighted by Crippen LogP contribution is 2.46. The van der Waals surface area contributed by atoms with E-state index in [0.717, 1.165) is 11.3 Å². The molecule has 25 heavy (non-hydrogen) atoms. The summed E-state index contributed by atoms with van der Waals surface area (Å²) < 4.78 is 14.6. The first-order valence-corrected chi connectivity index (χ1v) is 8.31. The van der Waals surface area contributed by atoms with Gasteiger partial charge in [0.25, 0.3) is 0 Å². The molecule has 0 fully saturated rings. The molecule has 1 atom stereocenters. The fourth-order valence-corrected chi connectivity index (χ4v) is 3.95. The lowest BCUT2D eigenvalue weighted by molar-refractivity contribution is 0.103. The van der Waals surface area contributed by atoms with Crippen LogP contribution in [0.5, 0.6) is 0 Å². The third-order valence-electron chi connectivity index (χ3n) is 4.73. The standard InChI is InChI=1S/C20H15FN2OS/c1-10-15(20(22)25)16(13-8-4-5-9-14(13)21)17-18(23-10)11-6-2-3-7-12(11)19(17)24/h2-9,16,23H,1H3,(H2,22,25)/t16-/m0/s1. The van der Waals surface area contributed by atoms with E-state index in [1.165, 1.54) is 6.07 Å². The van der Waals surface area contributed by atoms with Gasteiger partial charge in [0.2, 0.25) is 0 Å². The summed E-state index contributed by atoms with van der Waals surface area (Å²) >= 11 is 5.22. The number of Topliss-reactive ketones (excluding diaryl/α,β-unsaturated/α-hetero) is 1. The summed E-state index contributed by atoms with van der Waals surface area (Å²) in [6.45, 7) is 1.84. The Hall–Kier alpha value is -2.79. The molecule has 0 saturated heterocycles. The number of carbonyl (C=O) groups excluding carboxylic acids is 1. The van der Waals surface area contributed by atoms with Crippen LogP contribution in [-0.4, -0.2) is 10.8 Å². The number of ketones is 1. The van der Waals surface area contributed by atoms with Gasteiger partial charge in [-0.1, -0.05) is 54.7 Å². The maximum absolute atomic E-state index is 14.6. The molecule has 1 aliphatic carbocycles. The number of hydrogen-bond donors (Lipinski definition) is 2. The number of hydrogen-bond acceptors (Lipinski definition) is 3. The van der Waals surface area contributed by atoms with Crippen LogP contribution in [0.2, 0.25) is 0 Å². The molecule has 2 aliphatic rings. The lowest BCUT2D eigenvalue weighted by atomic mass is 9.79. The second kappa shape index (κ2) is 5.63. The highest BCUT2D eigenvalue weighted by molar-refractivity contribution is 7.80. The second-order valence-corrected chi connectivity index (χ2v) is 6.59. The molecule has 1 aliphatic heterocycles. The van der Waals surface area contributed by atoms with Crippen molar-refractivity contribution in [2.24, 2.45) is 5.73 Å². The summed E-state index contributed by atoms with van der Waals surface area (Å²) in [5.74, 6) is -1.12. The van der Waals surface area contributed by atoms with Gasteiger partial charge in [-0.25, -0.2) is 4.39 Å². The number of nitrogens with two attached hydrogens (primary N) is 1. The van der Waals surface area contributed by atoms with E-state index in [0.29, 0.717) is 28.0 Å². The molecule has 0 saturated carbocycles. The smallest absolute Gasteiger partial charge is 0.192 e. The molecule has 124 valence electrons. The average molecular weight is 350 g/mol. The van der Waals surface area contributed by atoms with E-state index in [2.05, 4.69) is 5.32 Å². The molecule has 3 N–H and O–H groups in total. The van der Waals surface area contributed by atoms with Gasteiger partial charge < -0.3 is 11.1 Å². The predicted octanol–water partition coefficient (Wildman–Crippen LogP) is 3.68. The monoisotopic (exact) mass is 350 g/mol. The third-order valence-corrected chi connectivity index (χ3v) is 4.95. The normalized spacial score (nSPS) is 18.8. The number of thiocarbonyl (C=S) groups is 1. The Morgan fingerprint density at radius 3 is 2.44 bits per heavy atom. The van der Waals surface area contributed by atoms with Crippen LogP contribution in [0.15, 0.2) is 65.4 Å². The topological polar surface area (TPSA) is 55.1 Å². The molecule has 0 unspecified atom stereocenters. The van der Waals surface area contributed by atoms with Gasteiger partial charge in [-0.2, -0.15) is 0 Å². The zero-order chi connectivity index (χ0) is 17.7. The van der Waals surface area contributed by atoms with Crippen LogP contribution in [0.4, 0.5) is 4.39 Å². The Morgan fingerprint density at radius 1 is 1.12 bits per heavy atom. The largest absolute Gasteiger partial charge is 0.390 e. The quantitative estimate of drug-likeness (QED) is 0.812. The number of nitrogens with one attached hydrogen (secondary N) is 1. The molecule has 0 bridgehead atoms. The molecular weight excluding hydrogens is 335 g/mol. The molecule has 0 spiro atoms. The van der Waals surface area contributed by atoms with Crippen molar-refractivity contribution in [1.82, 2.24) is 5.32 Å². The number of dihydropyridines is 1. The first-order chi connectivity index (χ1) is 12.0. The van der Waals surface area contributed by atoms with Gasteiger partial charge in [-0.05, 0) is 13.0 Å². The van der Waals surface area contributed by atoms with Crippen LogP contribution < -0.4 is 11.1 Å². The minimum absolute atomic E-state index is 0.118. The third kappa shape index (κ3) is 2.23. The van der Waals surface area contributed by atoms with Crippen LogP contribution in [-0.2, 0) is 0 Å². The Balaban J connectivity index is 2.00. The van der Waals surface area contributed by atoms with Crippen molar-refractivity contribution in [1.29, 1.82) is 0 Å². The van der Waals surface area contributed by atoms with Gasteiger partial charge in [0, 0.05) is 39.5 Å². The van der Waals surface area contributed by atoms with E-state index in [1.807, 2.05) is 25.1 Å². The minimum atomic E-state index is -0.616. The van der Waals surface area contributed by atoms with Crippen LogP contribution in [0.25, 0.3) is 5.70 Å². The van der Waals surface area contributed by atoms with Crippen LogP contribution in [0, 0.1) is 5.82 Å². The highest BCUT2D eigenvalue weighted by Gasteiger charge is 2.41. The summed E-state index contributed by atoms with van der Waals surface area (Å²) in [6, 6.07) is 13.8. The fourth-order valence-electron chi connectivity index (χ4n) is 3.68. The molecule has 1 heterocycles. The van der Waals surface area contributed by atoms with Gasteiger partial charge >= 0.3 is 0 Å². The van der Waals surface area contributed by atoms with Gasteiger partial charge in [0.15, 0.2) is 5.78 Å². The molecule has 3 nitrogen and oxygen atoms in total. The Kier molecular flexibility index (Phi) is 3.54. The van der Waals surface area contributed by atoms with Gasteiger partial charge in [-0.3, -0.25) is 4.79 Å². The molecule has 2 aromatic rings. The summed E-state index contributed by atoms with van der Waals surface area (Å²) in [5.41, 5.74) is 10.3. The molecule has 0 aromatic heterocycles. The number of allylic oxidation sites excluding steroid dienone is 2. The summed E-state index contributed by atoms with van der Waals surface area (Å²) in [7, 11) is 0. The first-order valence-electron chi connectivity index (χ1n) is 7.91. The number of halogens is 1. The van der Waals surface area contributed by atoms with E-state index in [1.54, 1.807) is 24.3 Å². The molecule has 2 aromatic carbocycles. The van der Waals surface area contributed by atoms with Crippen molar-refractivity contribution in [2.45, 2.75) is 12.8 Å². The Bertz CT molecular complexity index is 1010. The van der Waals surface area contributed by atoms with Crippen molar-refractivity contribution >= 4 is 28.7 Å². The van der Waals surface area contributed by atoms with Crippen molar-refractivity contribution in [3.8, 4) is 0 Å². The number of carbonyl (C=O) groups is 1. The van der Waals surface area contributed by atoms with E-state index in [4.69, 9.17) is 18.0 Å². The van der Waals surface area contributed by atoms with Gasteiger partial charge in [0.1, 0.15) is 10.8 Å². The fraction of sp³-hybridized carbons (Fsp3) is 0.100. The average Bonchev–Trinajstić information content (AvgIpc) is 2.87. The van der Waals surface area contributed by atoms with E-state index >= 15 is 0 Å². The van der Waals surface area contributed by atoms with Gasteiger partial charge in [-0.15, -0.1) is 0 Å². The highest BCUT2D eigenvalue weighted by atomic mass is 32.1. The van der Waals surface area contributed by atoms with Crippen LogP contribution >= 0.6 is 12.2 Å². The number of benzene rings is 2. The maximum atomic E-state index is 14.6. The molecule has 5 heteroatoms. The van der Waals surface area contributed by atoms with Gasteiger partial charge in [0.05, 0.1) is 5.70 Å². The minimum Gasteiger partial charge on any atom is -0.390 e. The molecule has 0 radical (unpaired) electrons. The van der Waals surface area contributed by atoms with Crippen molar-refractivity contribution < 1.29 is 9.18 Å². The second-order valence-electron chi connectivity index (χ2n) is 6.15. The molecule has 0 amide bonds. The lowest BCUT2D eigenvalue weighted by Gasteiger charge is -2.30. The number of rotatable bonds is 2. The van der Waals surface area contributed by atoms with E-state index < -0.39 is 5.92 Å². The van der Waals surface area contributed by atoms with Crippen LogP contribution in [0.3, 0.4) is 0 Å². The Labute approximate surface area is 150 Å². The van der Waals surface area contributed by atoms with Crippen molar-refractivity contribution in [3.05, 3.63) is 87.9 Å². The van der Waals surface area contributed by atoms with Crippen LogP contribution in [0.1, 0.15) is 34.3 Å². The van der Waals surface area contributed by atoms with E-state index in [9.17, 15) is 9.18 Å². The zero-order valence-corrected chi connectivity index (χ0v) is 14.3. The van der Waals surface area contributed by atoms with E-state index in [-0.39, 0.29) is 16.6 Å². The van der Waals surface area contributed by atoms with Crippen molar-refractivity contribution in [2.75, 3.05) is 0 Å². The SMILES string of the molecule is CC1=C(C(N)=S)[C@H](c2ccccc2F)C2=C(N1)c1ccccc1C2=O. The van der Waals surface area contributed by atoms with Crippen molar-refractivity contribution in [3.63, 3.8) is 0 Å². The zero-order valence-electron chi connectivity index (χ0n) is 13.5. The first kappa shape index (κ1) is 15.7. The summed E-state index contributed by atoms with van der Waals surface area (Å²) in [5, 5.41) is 3.26. The lowest BCUT2D eigenvalue weighted by Crippen LogP contribution is -2.31.